The molecule has 2 rings (SSSR count). The van der Waals surface area contributed by atoms with Crippen LogP contribution in [0.4, 0.5) is 5.69 Å². The minimum atomic E-state index is -0.135. The minimum absolute atomic E-state index is 0. The molecule has 3 nitrogen and oxygen atoms in total. The van der Waals surface area contributed by atoms with Gasteiger partial charge in [-0.05, 0) is 34.1 Å². The molecule has 1 aliphatic heterocycles. The summed E-state index contributed by atoms with van der Waals surface area (Å²) in [6.07, 6.45) is 0. The van der Waals surface area contributed by atoms with Crippen molar-refractivity contribution in [2.75, 3.05) is 25.1 Å². The first-order chi connectivity index (χ1) is 7.61. The normalized spacial score (nSPS) is 14.9. The summed E-state index contributed by atoms with van der Waals surface area (Å²) in [6.45, 7) is 1.42. The Balaban J connectivity index is 0.00000144. The molecule has 5 heteroatoms. The molecule has 0 amide bonds. The van der Waals surface area contributed by atoms with Gasteiger partial charge in [0.05, 0.1) is 18.1 Å². The van der Waals surface area contributed by atoms with Crippen LogP contribution in [0.25, 0.3) is 0 Å². The smallest absolute Gasteiger partial charge is 0.312 e. The summed E-state index contributed by atoms with van der Waals surface area (Å²) < 4.78 is 5.55. The Kier molecular flexibility index (Phi) is 4.83. The first-order valence-electron chi connectivity index (χ1n) is 4.89. The van der Waals surface area contributed by atoms with Crippen LogP contribution in [-0.2, 0) is 9.53 Å². The molecular weight excluding hydrogens is 305 g/mol. The Labute approximate surface area is 115 Å². The van der Waals surface area contributed by atoms with E-state index in [-0.39, 0.29) is 19.3 Å². The second-order valence-electron chi connectivity index (χ2n) is 3.72. The summed E-state index contributed by atoms with van der Waals surface area (Å²) in [5.41, 5.74) is 1.07. The van der Waals surface area contributed by atoms with E-state index in [0.717, 1.165) is 10.2 Å². The van der Waals surface area contributed by atoms with Gasteiger partial charge in [-0.25, -0.2) is 0 Å². The monoisotopic (exact) mass is 319 g/mol. The molecule has 1 aromatic rings. The Morgan fingerprint density at radius 2 is 2.18 bits per heavy atom. The zero-order valence-electron chi connectivity index (χ0n) is 8.74. The fourth-order valence-corrected chi connectivity index (χ4v) is 2.17. The average Bonchev–Trinajstić information content (AvgIpc) is 2.21. The molecular formula is C12H15BrClNO2. The first-order valence-corrected chi connectivity index (χ1v) is 6.06. The Bertz CT molecular complexity index is 419. The molecule has 0 aromatic heterocycles. The lowest BCUT2D eigenvalue weighted by atomic mass is 9.99. The number of carbonyl (C=O) groups excluding carboxylic acids is 1. The Morgan fingerprint density at radius 1 is 1.53 bits per heavy atom. The molecule has 1 heterocycles. The summed E-state index contributed by atoms with van der Waals surface area (Å²) in [5.74, 6) is -0.135. The van der Waals surface area contributed by atoms with Crippen LogP contribution in [-0.4, -0.2) is 26.2 Å². The van der Waals surface area contributed by atoms with Gasteiger partial charge in [-0.2, -0.15) is 0 Å². The highest BCUT2D eigenvalue weighted by atomic mass is 79.9. The maximum atomic E-state index is 11.2. The highest BCUT2D eigenvalue weighted by Crippen LogP contribution is 2.31. The SMILES string of the molecule is C.COC(=O)C1CN(c2ccc(Cl)c(Br)c2)C1. The number of hydrogen-bond acceptors (Lipinski definition) is 3. The molecule has 1 aromatic carbocycles. The van der Waals surface area contributed by atoms with Gasteiger partial charge in [-0.3, -0.25) is 4.79 Å². The molecule has 0 unspecified atom stereocenters. The summed E-state index contributed by atoms with van der Waals surface area (Å²) in [4.78, 5) is 13.3. The summed E-state index contributed by atoms with van der Waals surface area (Å²) in [5, 5.41) is 0.689. The first kappa shape index (κ1) is 14.3. The molecule has 0 bridgehead atoms. The van der Waals surface area contributed by atoms with Crippen molar-refractivity contribution in [2.45, 2.75) is 7.43 Å². The number of ether oxygens (including phenoxy) is 1. The van der Waals surface area contributed by atoms with Crippen molar-refractivity contribution in [3.05, 3.63) is 27.7 Å². The van der Waals surface area contributed by atoms with Gasteiger partial charge in [-0.15, -0.1) is 0 Å². The predicted octanol–water partition coefficient (Wildman–Crippen LogP) is 3.35. The lowest BCUT2D eigenvalue weighted by Crippen LogP contribution is -2.50. The van der Waals surface area contributed by atoms with E-state index in [0.29, 0.717) is 18.1 Å². The van der Waals surface area contributed by atoms with Crippen molar-refractivity contribution >= 4 is 39.2 Å². The highest BCUT2D eigenvalue weighted by Gasteiger charge is 2.33. The number of anilines is 1. The molecule has 0 radical (unpaired) electrons. The second-order valence-corrected chi connectivity index (χ2v) is 4.99. The summed E-state index contributed by atoms with van der Waals surface area (Å²) in [6, 6.07) is 5.74. The Hall–Kier alpha value is -0.740. The van der Waals surface area contributed by atoms with Gasteiger partial charge in [0.2, 0.25) is 0 Å². The number of benzene rings is 1. The molecule has 1 fully saturated rings. The topological polar surface area (TPSA) is 29.5 Å². The van der Waals surface area contributed by atoms with Gasteiger partial charge in [0.15, 0.2) is 0 Å². The van der Waals surface area contributed by atoms with E-state index in [1.54, 1.807) is 0 Å². The van der Waals surface area contributed by atoms with Gasteiger partial charge < -0.3 is 9.64 Å². The van der Waals surface area contributed by atoms with E-state index in [1.807, 2.05) is 18.2 Å². The van der Waals surface area contributed by atoms with Gasteiger partial charge in [0.1, 0.15) is 0 Å². The summed E-state index contributed by atoms with van der Waals surface area (Å²) in [7, 11) is 1.42. The standard InChI is InChI=1S/C11H11BrClNO2.CH4/c1-16-11(15)7-5-14(6-7)8-2-3-10(13)9(12)4-8;/h2-4,7H,5-6H2,1H3;1H4. The van der Waals surface area contributed by atoms with Crippen LogP contribution >= 0.6 is 27.5 Å². The third kappa shape index (κ3) is 2.93. The van der Waals surface area contributed by atoms with Gasteiger partial charge >= 0.3 is 5.97 Å². The molecule has 1 aliphatic rings. The second kappa shape index (κ2) is 5.74. The lowest BCUT2D eigenvalue weighted by Gasteiger charge is -2.39. The van der Waals surface area contributed by atoms with Crippen LogP contribution in [0.3, 0.4) is 0 Å². The van der Waals surface area contributed by atoms with Crippen LogP contribution in [0.1, 0.15) is 7.43 Å². The molecule has 1 saturated heterocycles. The molecule has 17 heavy (non-hydrogen) atoms. The van der Waals surface area contributed by atoms with E-state index < -0.39 is 0 Å². The molecule has 0 N–H and O–H groups in total. The lowest BCUT2D eigenvalue weighted by molar-refractivity contribution is -0.146. The minimum Gasteiger partial charge on any atom is -0.469 e. The van der Waals surface area contributed by atoms with E-state index in [2.05, 4.69) is 25.6 Å². The van der Waals surface area contributed by atoms with Crippen molar-refractivity contribution in [3.8, 4) is 0 Å². The van der Waals surface area contributed by atoms with Crippen LogP contribution in [0.5, 0.6) is 0 Å². The number of nitrogens with zero attached hydrogens (tertiary/aromatic N) is 1. The van der Waals surface area contributed by atoms with Crippen molar-refractivity contribution in [2.24, 2.45) is 5.92 Å². The third-order valence-corrected chi connectivity index (χ3v) is 3.90. The van der Waals surface area contributed by atoms with Crippen LogP contribution in [0, 0.1) is 5.92 Å². The predicted molar refractivity (Wildman–Crippen MR) is 73.6 cm³/mol. The summed E-state index contributed by atoms with van der Waals surface area (Å²) >= 11 is 9.28. The van der Waals surface area contributed by atoms with Crippen molar-refractivity contribution in [1.82, 2.24) is 0 Å². The van der Waals surface area contributed by atoms with Crippen molar-refractivity contribution in [3.63, 3.8) is 0 Å². The van der Waals surface area contributed by atoms with Crippen LogP contribution < -0.4 is 4.90 Å². The number of carbonyl (C=O) groups is 1. The maximum absolute atomic E-state index is 11.2. The van der Waals surface area contributed by atoms with E-state index >= 15 is 0 Å². The van der Waals surface area contributed by atoms with Crippen molar-refractivity contribution in [1.29, 1.82) is 0 Å². The number of esters is 1. The van der Waals surface area contributed by atoms with E-state index in [4.69, 9.17) is 11.6 Å². The fraction of sp³-hybridized carbons (Fsp3) is 0.417. The Morgan fingerprint density at radius 3 is 2.71 bits per heavy atom. The van der Waals surface area contributed by atoms with Gasteiger partial charge in [-0.1, -0.05) is 19.0 Å². The largest absolute Gasteiger partial charge is 0.469 e. The zero-order valence-corrected chi connectivity index (χ0v) is 11.1. The van der Waals surface area contributed by atoms with Crippen molar-refractivity contribution < 1.29 is 9.53 Å². The quantitative estimate of drug-likeness (QED) is 0.783. The van der Waals surface area contributed by atoms with E-state index in [1.165, 1.54) is 7.11 Å². The van der Waals surface area contributed by atoms with Crippen LogP contribution in [0.2, 0.25) is 5.02 Å². The van der Waals surface area contributed by atoms with Gasteiger partial charge in [0, 0.05) is 23.2 Å². The van der Waals surface area contributed by atoms with Crippen LogP contribution in [0.15, 0.2) is 22.7 Å². The fourth-order valence-electron chi connectivity index (χ4n) is 1.69. The molecule has 0 spiro atoms. The zero-order chi connectivity index (χ0) is 11.7. The van der Waals surface area contributed by atoms with E-state index in [9.17, 15) is 4.79 Å². The van der Waals surface area contributed by atoms with Gasteiger partial charge in [0.25, 0.3) is 0 Å². The third-order valence-electron chi connectivity index (χ3n) is 2.68. The molecule has 0 aliphatic carbocycles. The highest BCUT2D eigenvalue weighted by molar-refractivity contribution is 9.10. The maximum Gasteiger partial charge on any atom is 0.312 e. The molecule has 0 atom stereocenters. The molecule has 94 valence electrons. The number of rotatable bonds is 2. The number of methoxy groups -OCH3 is 1. The average molecular weight is 321 g/mol. The molecule has 0 saturated carbocycles. The number of halogens is 2. The number of hydrogen-bond donors (Lipinski definition) is 0.